The number of carbonyl (C=O) groups is 1. The SMILES string of the molecule is CCc1nc2sc3c(c2c2nnc(SCC(=O)N4c5ccccc5C[C@@H]4C)n12)CCCC3. The molecule has 4 heterocycles. The molecule has 0 N–H and O–H groups in total. The van der Waals surface area contributed by atoms with Crippen LogP contribution in [0.3, 0.4) is 0 Å². The van der Waals surface area contributed by atoms with Gasteiger partial charge in [0.25, 0.3) is 0 Å². The summed E-state index contributed by atoms with van der Waals surface area (Å²) in [6, 6.07) is 8.39. The van der Waals surface area contributed by atoms with Gasteiger partial charge in [0.05, 0.1) is 11.1 Å². The monoisotopic (exact) mass is 463 g/mol. The number of aryl methyl sites for hydroxylation is 3. The van der Waals surface area contributed by atoms with E-state index in [4.69, 9.17) is 4.98 Å². The quantitative estimate of drug-likeness (QED) is 0.405. The zero-order valence-electron chi connectivity index (χ0n) is 18.3. The minimum absolute atomic E-state index is 0.115. The summed E-state index contributed by atoms with van der Waals surface area (Å²) in [5.74, 6) is 1.41. The Morgan fingerprint density at radius 2 is 2.06 bits per heavy atom. The molecule has 0 bridgehead atoms. The van der Waals surface area contributed by atoms with Gasteiger partial charge in [0, 0.05) is 23.0 Å². The first-order valence-corrected chi connectivity index (χ1v) is 13.2. The summed E-state index contributed by atoms with van der Waals surface area (Å²) in [5, 5.41) is 11.0. The largest absolute Gasteiger partial charge is 0.308 e. The van der Waals surface area contributed by atoms with Gasteiger partial charge >= 0.3 is 0 Å². The van der Waals surface area contributed by atoms with Gasteiger partial charge in [0.1, 0.15) is 10.7 Å². The van der Waals surface area contributed by atoms with Gasteiger partial charge in [-0.2, -0.15) is 0 Å². The lowest BCUT2D eigenvalue weighted by molar-refractivity contribution is -0.116. The molecule has 0 radical (unpaired) electrons. The van der Waals surface area contributed by atoms with Crippen LogP contribution in [0.4, 0.5) is 5.69 Å². The molecule has 1 aliphatic heterocycles. The fraction of sp³-hybridized carbons (Fsp3) is 0.417. The Balaban J connectivity index is 1.34. The lowest BCUT2D eigenvalue weighted by Gasteiger charge is -2.22. The Bertz CT molecular complexity index is 1360. The van der Waals surface area contributed by atoms with Gasteiger partial charge in [-0.15, -0.1) is 21.5 Å². The van der Waals surface area contributed by atoms with Crippen LogP contribution in [0.25, 0.3) is 15.9 Å². The van der Waals surface area contributed by atoms with E-state index in [0.717, 1.165) is 52.8 Å². The maximum Gasteiger partial charge on any atom is 0.237 e. The summed E-state index contributed by atoms with van der Waals surface area (Å²) in [7, 11) is 0. The van der Waals surface area contributed by atoms with E-state index in [9.17, 15) is 4.79 Å². The first kappa shape index (κ1) is 20.2. The van der Waals surface area contributed by atoms with E-state index < -0.39 is 0 Å². The van der Waals surface area contributed by atoms with Gasteiger partial charge < -0.3 is 4.90 Å². The third kappa shape index (κ3) is 3.07. The highest BCUT2D eigenvalue weighted by atomic mass is 32.2. The molecule has 8 heteroatoms. The van der Waals surface area contributed by atoms with E-state index in [1.807, 2.05) is 34.4 Å². The number of benzene rings is 1. The zero-order chi connectivity index (χ0) is 21.8. The molecule has 1 amide bonds. The fourth-order valence-electron chi connectivity index (χ4n) is 5.16. The second-order valence-electron chi connectivity index (χ2n) is 8.65. The molecule has 4 aromatic rings. The van der Waals surface area contributed by atoms with Crippen molar-refractivity contribution in [1.82, 2.24) is 19.6 Å². The van der Waals surface area contributed by atoms with Gasteiger partial charge in [0.2, 0.25) is 5.91 Å². The van der Waals surface area contributed by atoms with Crippen molar-refractivity contribution in [3.63, 3.8) is 0 Å². The molecular formula is C24H25N5OS2. The van der Waals surface area contributed by atoms with Crippen molar-refractivity contribution in [2.24, 2.45) is 0 Å². The molecule has 0 fully saturated rings. The number of nitrogens with zero attached hydrogens (tertiary/aromatic N) is 5. The number of thioether (sulfide) groups is 1. The molecule has 32 heavy (non-hydrogen) atoms. The number of para-hydroxylation sites is 1. The lowest BCUT2D eigenvalue weighted by Crippen LogP contribution is -2.37. The van der Waals surface area contributed by atoms with Crippen LogP contribution >= 0.6 is 23.1 Å². The summed E-state index contributed by atoms with van der Waals surface area (Å²) in [5.41, 5.74) is 4.60. The third-order valence-corrected chi connectivity index (χ3v) is 8.71. The standard InChI is InChI=1S/C24H25N5OS2/c1-3-19-25-23-21(16-9-5-7-11-18(16)32-23)22-26-27-24(29(19)22)31-13-20(30)28-14(2)12-15-8-4-6-10-17(15)28/h4,6,8,10,14H,3,5,7,9,11-13H2,1-2H3/t14-/m0/s1. The van der Waals surface area contributed by atoms with Gasteiger partial charge in [-0.3, -0.25) is 9.20 Å². The molecule has 1 aliphatic carbocycles. The van der Waals surface area contributed by atoms with Gasteiger partial charge in [-0.05, 0) is 56.2 Å². The highest BCUT2D eigenvalue weighted by Gasteiger charge is 2.31. The number of fused-ring (bicyclic) bond motifs is 6. The normalized spacial score (nSPS) is 17.8. The van der Waals surface area contributed by atoms with Crippen LogP contribution in [0.2, 0.25) is 0 Å². The number of anilines is 1. The second kappa shape index (κ2) is 7.85. The Morgan fingerprint density at radius 3 is 2.94 bits per heavy atom. The van der Waals surface area contributed by atoms with Crippen LogP contribution in [0.15, 0.2) is 29.4 Å². The van der Waals surface area contributed by atoms with Crippen molar-refractivity contribution in [3.05, 3.63) is 46.1 Å². The third-order valence-electron chi connectivity index (χ3n) is 6.62. The van der Waals surface area contributed by atoms with Gasteiger partial charge in [-0.1, -0.05) is 36.9 Å². The number of hydrogen-bond acceptors (Lipinski definition) is 6. The average Bonchev–Trinajstić information content (AvgIpc) is 3.48. The number of hydrogen-bond donors (Lipinski definition) is 0. The molecule has 6 nitrogen and oxygen atoms in total. The fourth-order valence-corrected chi connectivity index (χ4v) is 7.25. The van der Waals surface area contributed by atoms with Crippen molar-refractivity contribution in [2.75, 3.05) is 10.7 Å². The van der Waals surface area contributed by atoms with E-state index in [0.29, 0.717) is 5.75 Å². The topological polar surface area (TPSA) is 63.4 Å². The highest BCUT2D eigenvalue weighted by Crippen LogP contribution is 2.38. The second-order valence-corrected chi connectivity index (χ2v) is 10.7. The van der Waals surface area contributed by atoms with E-state index in [-0.39, 0.29) is 11.9 Å². The van der Waals surface area contributed by atoms with Gasteiger partial charge in [-0.25, -0.2) is 4.98 Å². The molecular weight excluding hydrogens is 438 g/mol. The van der Waals surface area contributed by atoms with Crippen molar-refractivity contribution in [2.45, 2.75) is 63.6 Å². The number of thiophene rings is 1. The smallest absolute Gasteiger partial charge is 0.237 e. The van der Waals surface area contributed by atoms with E-state index in [2.05, 4.69) is 34.5 Å². The van der Waals surface area contributed by atoms with Crippen LogP contribution in [0, 0.1) is 0 Å². The van der Waals surface area contributed by atoms with Crippen LogP contribution in [0.1, 0.15) is 48.5 Å². The Morgan fingerprint density at radius 1 is 1.22 bits per heavy atom. The number of amides is 1. The molecule has 2 aliphatic rings. The van der Waals surface area contributed by atoms with Crippen LogP contribution in [-0.4, -0.2) is 37.3 Å². The van der Waals surface area contributed by atoms with Gasteiger partial charge in [0.15, 0.2) is 10.8 Å². The summed E-state index contributed by atoms with van der Waals surface area (Å²) in [4.78, 5) is 22.7. The molecule has 6 rings (SSSR count). The van der Waals surface area contributed by atoms with Crippen LogP contribution in [-0.2, 0) is 30.5 Å². The molecule has 1 aromatic carbocycles. The zero-order valence-corrected chi connectivity index (χ0v) is 19.9. The first-order chi connectivity index (χ1) is 15.7. The van der Waals surface area contributed by atoms with Crippen molar-refractivity contribution in [3.8, 4) is 0 Å². The molecule has 1 atom stereocenters. The molecule has 0 saturated carbocycles. The van der Waals surface area contributed by atoms with Crippen molar-refractivity contribution in [1.29, 1.82) is 0 Å². The Kier molecular flexibility index (Phi) is 4.95. The molecule has 164 valence electrons. The first-order valence-electron chi connectivity index (χ1n) is 11.4. The summed E-state index contributed by atoms with van der Waals surface area (Å²) in [6.45, 7) is 4.23. The lowest BCUT2D eigenvalue weighted by atomic mass is 9.97. The summed E-state index contributed by atoms with van der Waals surface area (Å²) < 4.78 is 2.09. The minimum Gasteiger partial charge on any atom is -0.308 e. The summed E-state index contributed by atoms with van der Waals surface area (Å²) in [6.07, 6.45) is 6.42. The molecule has 0 saturated heterocycles. The van der Waals surface area contributed by atoms with Crippen LogP contribution in [0.5, 0.6) is 0 Å². The van der Waals surface area contributed by atoms with Crippen molar-refractivity contribution < 1.29 is 4.79 Å². The average molecular weight is 464 g/mol. The number of carbonyl (C=O) groups excluding carboxylic acids is 1. The maximum atomic E-state index is 13.2. The Hall–Kier alpha value is -2.45. The number of aromatic nitrogens is 4. The molecule has 0 unspecified atom stereocenters. The molecule has 0 spiro atoms. The predicted octanol–water partition coefficient (Wildman–Crippen LogP) is 4.85. The summed E-state index contributed by atoms with van der Waals surface area (Å²) >= 11 is 3.29. The van der Waals surface area contributed by atoms with Crippen LogP contribution < -0.4 is 4.90 Å². The maximum absolute atomic E-state index is 13.2. The highest BCUT2D eigenvalue weighted by molar-refractivity contribution is 7.99. The Labute approximate surface area is 195 Å². The van der Waals surface area contributed by atoms with E-state index >= 15 is 0 Å². The van der Waals surface area contributed by atoms with E-state index in [1.165, 1.54) is 46.0 Å². The minimum atomic E-state index is 0.115. The number of rotatable bonds is 4. The predicted molar refractivity (Wildman–Crippen MR) is 130 cm³/mol. The van der Waals surface area contributed by atoms with Crippen molar-refractivity contribution >= 4 is 50.6 Å². The molecule has 3 aromatic heterocycles. The van der Waals surface area contributed by atoms with E-state index in [1.54, 1.807) is 0 Å².